The lowest BCUT2D eigenvalue weighted by Crippen LogP contribution is -2.31. The molecule has 0 aromatic heterocycles. The first kappa shape index (κ1) is 12.8. The van der Waals surface area contributed by atoms with Crippen LogP contribution in [0, 0.1) is 21.4 Å². The minimum atomic E-state index is -0.540. The molecule has 0 radical (unpaired) electrons. The molecule has 1 unspecified atom stereocenters. The fraction of sp³-hybridized carbons (Fsp3) is 0.333. The van der Waals surface area contributed by atoms with E-state index in [9.17, 15) is 14.9 Å². The number of hydrogen-bond donors (Lipinski definition) is 2. The molecule has 1 atom stereocenters. The number of carbonyl (C=O) groups excluding carboxylic acids is 1. The minimum absolute atomic E-state index is 0.0241. The van der Waals surface area contributed by atoms with Crippen LogP contribution in [0.1, 0.15) is 18.4 Å². The van der Waals surface area contributed by atoms with Crippen LogP contribution in [0.4, 0.5) is 11.4 Å². The van der Waals surface area contributed by atoms with E-state index in [1.165, 1.54) is 18.2 Å². The van der Waals surface area contributed by atoms with Gasteiger partial charge in [0.2, 0.25) is 5.91 Å². The Bertz CT molecular complexity index is 565. The van der Waals surface area contributed by atoms with Gasteiger partial charge in [0.15, 0.2) is 0 Å². The molecular formula is C12H12N4O3. The van der Waals surface area contributed by atoms with E-state index in [1.54, 1.807) is 0 Å². The quantitative estimate of drug-likeness (QED) is 0.623. The highest BCUT2D eigenvalue weighted by molar-refractivity contribution is 5.78. The van der Waals surface area contributed by atoms with Crippen molar-refractivity contribution in [2.24, 2.45) is 0 Å². The van der Waals surface area contributed by atoms with E-state index < -0.39 is 4.92 Å². The van der Waals surface area contributed by atoms with Gasteiger partial charge in [-0.1, -0.05) is 0 Å². The number of nitro groups is 1. The van der Waals surface area contributed by atoms with Crippen LogP contribution in [0.15, 0.2) is 18.2 Å². The maximum atomic E-state index is 11.0. The number of nitrogens with zero attached hydrogens (tertiary/aromatic N) is 2. The van der Waals surface area contributed by atoms with Gasteiger partial charge in [0.1, 0.15) is 6.07 Å². The molecule has 2 N–H and O–H groups in total. The van der Waals surface area contributed by atoms with Crippen LogP contribution in [0.25, 0.3) is 0 Å². The highest BCUT2D eigenvalue weighted by atomic mass is 16.6. The number of nitro benzene ring substituents is 1. The summed E-state index contributed by atoms with van der Waals surface area (Å²) in [5.41, 5.74) is 0.643. The molecule has 1 aliphatic rings. The normalized spacial score (nSPS) is 17.6. The summed E-state index contributed by atoms with van der Waals surface area (Å²) in [4.78, 5) is 21.1. The van der Waals surface area contributed by atoms with E-state index in [1.807, 2.05) is 6.07 Å². The van der Waals surface area contributed by atoms with Crippen molar-refractivity contribution >= 4 is 17.3 Å². The third kappa shape index (κ3) is 2.98. The SMILES string of the molecule is N#Cc1cc([N+](=O)[O-])ccc1NCC1CCC(=O)N1. The second-order valence-electron chi connectivity index (χ2n) is 4.28. The predicted molar refractivity (Wildman–Crippen MR) is 67.5 cm³/mol. The molecule has 0 bridgehead atoms. The van der Waals surface area contributed by atoms with Crippen molar-refractivity contribution < 1.29 is 9.72 Å². The fourth-order valence-electron chi connectivity index (χ4n) is 1.96. The van der Waals surface area contributed by atoms with Gasteiger partial charge in [-0.3, -0.25) is 14.9 Å². The second-order valence-corrected chi connectivity index (χ2v) is 4.28. The molecular weight excluding hydrogens is 248 g/mol. The molecule has 0 spiro atoms. The lowest BCUT2D eigenvalue weighted by atomic mass is 10.1. The zero-order chi connectivity index (χ0) is 13.8. The minimum Gasteiger partial charge on any atom is -0.382 e. The molecule has 1 saturated heterocycles. The van der Waals surface area contributed by atoms with Crippen LogP contribution < -0.4 is 10.6 Å². The average molecular weight is 260 g/mol. The number of benzene rings is 1. The first-order chi connectivity index (χ1) is 9.10. The maximum Gasteiger partial charge on any atom is 0.270 e. The van der Waals surface area contributed by atoms with Crippen LogP contribution in [-0.4, -0.2) is 23.4 Å². The summed E-state index contributed by atoms with van der Waals surface area (Å²) in [5, 5.41) is 25.4. The molecule has 0 saturated carbocycles. The molecule has 7 heteroatoms. The predicted octanol–water partition coefficient (Wildman–Crippen LogP) is 1.16. The number of amides is 1. The Morgan fingerprint density at radius 1 is 1.58 bits per heavy atom. The standard InChI is InChI=1S/C12H12N4O3/c13-6-8-5-10(16(18)19)2-3-11(8)14-7-9-1-4-12(17)15-9/h2-3,5,9,14H,1,4,7H2,(H,15,17). The Hall–Kier alpha value is -2.62. The molecule has 1 amide bonds. The van der Waals surface area contributed by atoms with Crippen LogP contribution in [0.5, 0.6) is 0 Å². The van der Waals surface area contributed by atoms with E-state index in [2.05, 4.69) is 10.6 Å². The Balaban J connectivity index is 2.06. The lowest BCUT2D eigenvalue weighted by Gasteiger charge is -2.13. The summed E-state index contributed by atoms with van der Waals surface area (Å²) < 4.78 is 0. The molecule has 19 heavy (non-hydrogen) atoms. The van der Waals surface area contributed by atoms with Gasteiger partial charge in [0.05, 0.1) is 16.2 Å². The number of non-ortho nitro benzene ring substituents is 1. The Morgan fingerprint density at radius 2 is 2.37 bits per heavy atom. The first-order valence-corrected chi connectivity index (χ1v) is 5.82. The zero-order valence-electron chi connectivity index (χ0n) is 10.0. The summed E-state index contributed by atoms with van der Waals surface area (Å²) in [6, 6.07) is 6.04. The lowest BCUT2D eigenvalue weighted by molar-refractivity contribution is -0.384. The number of rotatable bonds is 4. The molecule has 1 fully saturated rings. The van der Waals surface area contributed by atoms with E-state index in [-0.39, 0.29) is 23.2 Å². The van der Waals surface area contributed by atoms with Crippen LogP contribution in [0.3, 0.4) is 0 Å². The Morgan fingerprint density at radius 3 is 2.95 bits per heavy atom. The van der Waals surface area contributed by atoms with Crippen molar-refractivity contribution in [3.05, 3.63) is 33.9 Å². The summed E-state index contributed by atoms with van der Waals surface area (Å²) in [7, 11) is 0. The monoisotopic (exact) mass is 260 g/mol. The highest BCUT2D eigenvalue weighted by Crippen LogP contribution is 2.21. The van der Waals surface area contributed by atoms with Crippen molar-refractivity contribution in [2.75, 3.05) is 11.9 Å². The molecule has 1 aliphatic heterocycles. The summed E-state index contributed by atoms with van der Waals surface area (Å²) >= 11 is 0. The molecule has 1 aromatic carbocycles. The van der Waals surface area contributed by atoms with Gasteiger partial charge in [0, 0.05) is 31.1 Å². The summed E-state index contributed by atoms with van der Waals surface area (Å²) in [5.74, 6) is 0.0241. The first-order valence-electron chi connectivity index (χ1n) is 5.82. The van der Waals surface area contributed by atoms with Gasteiger partial charge in [-0.2, -0.15) is 5.26 Å². The smallest absolute Gasteiger partial charge is 0.270 e. The molecule has 2 rings (SSSR count). The maximum absolute atomic E-state index is 11.0. The molecule has 7 nitrogen and oxygen atoms in total. The third-order valence-corrected chi connectivity index (χ3v) is 2.96. The average Bonchev–Trinajstić information content (AvgIpc) is 2.81. The number of anilines is 1. The van der Waals surface area contributed by atoms with Crippen molar-refractivity contribution in [3.8, 4) is 6.07 Å². The summed E-state index contributed by atoms with van der Waals surface area (Å²) in [6.07, 6.45) is 1.26. The van der Waals surface area contributed by atoms with Crippen molar-refractivity contribution in [1.82, 2.24) is 5.32 Å². The molecule has 98 valence electrons. The number of nitrogens with one attached hydrogen (secondary N) is 2. The van der Waals surface area contributed by atoms with Crippen molar-refractivity contribution in [1.29, 1.82) is 5.26 Å². The summed E-state index contributed by atoms with van der Waals surface area (Å²) in [6.45, 7) is 0.498. The molecule has 1 heterocycles. The zero-order valence-corrected chi connectivity index (χ0v) is 10.0. The second kappa shape index (κ2) is 5.35. The Kier molecular flexibility index (Phi) is 3.61. The van der Waals surface area contributed by atoms with E-state index in [0.717, 1.165) is 6.42 Å². The molecule has 1 aromatic rings. The number of nitriles is 1. The van der Waals surface area contributed by atoms with Crippen LogP contribution >= 0.6 is 0 Å². The van der Waals surface area contributed by atoms with Crippen molar-refractivity contribution in [3.63, 3.8) is 0 Å². The number of carbonyl (C=O) groups is 1. The van der Waals surface area contributed by atoms with Gasteiger partial charge < -0.3 is 10.6 Å². The van der Waals surface area contributed by atoms with Gasteiger partial charge in [-0.15, -0.1) is 0 Å². The van der Waals surface area contributed by atoms with Crippen LogP contribution in [0.2, 0.25) is 0 Å². The fourth-order valence-corrected chi connectivity index (χ4v) is 1.96. The van der Waals surface area contributed by atoms with E-state index in [4.69, 9.17) is 5.26 Å². The van der Waals surface area contributed by atoms with E-state index in [0.29, 0.717) is 18.7 Å². The Labute approximate surface area is 109 Å². The van der Waals surface area contributed by atoms with Gasteiger partial charge >= 0.3 is 0 Å². The molecule has 0 aliphatic carbocycles. The van der Waals surface area contributed by atoms with E-state index >= 15 is 0 Å². The van der Waals surface area contributed by atoms with Gasteiger partial charge in [-0.05, 0) is 12.5 Å². The largest absolute Gasteiger partial charge is 0.382 e. The van der Waals surface area contributed by atoms with Gasteiger partial charge in [-0.25, -0.2) is 0 Å². The van der Waals surface area contributed by atoms with Crippen molar-refractivity contribution in [2.45, 2.75) is 18.9 Å². The highest BCUT2D eigenvalue weighted by Gasteiger charge is 2.20. The third-order valence-electron chi connectivity index (χ3n) is 2.96. The number of hydrogen-bond acceptors (Lipinski definition) is 5. The topological polar surface area (TPSA) is 108 Å². The van der Waals surface area contributed by atoms with Gasteiger partial charge in [0.25, 0.3) is 5.69 Å². The van der Waals surface area contributed by atoms with Crippen LogP contribution in [-0.2, 0) is 4.79 Å².